The van der Waals surface area contributed by atoms with E-state index in [0.717, 1.165) is 36.0 Å². The topological polar surface area (TPSA) is 58.3 Å². The molecule has 4 heteroatoms. The van der Waals surface area contributed by atoms with Gasteiger partial charge in [-0.2, -0.15) is 0 Å². The maximum atomic E-state index is 9.50. The fourth-order valence-corrected chi connectivity index (χ4v) is 2.75. The fourth-order valence-electron chi connectivity index (χ4n) is 2.24. The highest BCUT2D eigenvalue weighted by Crippen LogP contribution is 2.33. The molecule has 0 unspecified atom stereocenters. The molecular formula is C12H17BrN2O. The predicted octanol–water partition coefficient (Wildman–Crippen LogP) is 2.15. The van der Waals surface area contributed by atoms with Crippen LogP contribution in [0, 0.1) is 5.92 Å². The van der Waals surface area contributed by atoms with Crippen LogP contribution in [-0.4, -0.2) is 18.2 Å². The summed E-state index contributed by atoms with van der Waals surface area (Å²) in [5, 5.41) is 12.8. The number of halogens is 1. The monoisotopic (exact) mass is 284 g/mol. The van der Waals surface area contributed by atoms with Crippen LogP contribution < -0.4 is 11.1 Å². The van der Waals surface area contributed by atoms with E-state index in [9.17, 15) is 5.11 Å². The first kappa shape index (κ1) is 11.9. The molecule has 1 aromatic rings. The van der Waals surface area contributed by atoms with Gasteiger partial charge in [0, 0.05) is 10.5 Å². The average molecular weight is 285 g/mol. The van der Waals surface area contributed by atoms with Crippen LogP contribution in [0.2, 0.25) is 0 Å². The summed E-state index contributed by atoms with van der Waals surface area (Å²) in [7, 11) is 0. The van der Waals surface area contributed by atoms with Gasteiger partial charge in [-0.25, -0.2) is 0 Å². The molecular weight excluding hydrogens is 268 g/mol. The zero-order chi connectivity index (χ0) is 11.5. The third-order valence-electron chi connectivity index (χ3n) is 3.23. The van der Waals surface area contributed by atoms with E-state index < -0.39 is 0 Å². The number of rotatable bonds is 2. The number of hydrogen-bond donors (Lipinski definition) is 3. The van der Waals surface area contributed by atoms with E-state index in [-0.39, 0.29) is 11.8 Å². The van der Waals surface area contributed by atoms with E-state index in [1.54, 1.807) is 12.1 Å². The lowest BCUT2D eigenvalue weighted by molar-refractivity contribution is 0.321. The van der Waals surface area contributed by atoms with Crippen molar-refractivity contribution in [2.24, 2.45) is 11.7 Å². The Kier molecular flexibility index (Phi) is 3.84. The molecule has 1 heterocycles. The highest BCUT2D eigenvalue weighted by Gasteiger charge is 2.23. The Morgan fingerprint density at radius 1 is 1.38 bits per heavy atom. The second kappa shape index (κ2) is 5.17. The van der Waals surface area contributed by atoms with Gasteiger partial charge in [0.15, 0.2) is 0 Å². The number of hydrogen-bond acceptors (Lipinski definition) is 3. The molecule has 0 saturated carbocycles. The minimum absolute atomic E-state index is 0.00331. The van der Waals surface area contributed by atoms with E-state index in [1.807, 2.05) is 6.07 Å². The van der Waals surface area contributed by atoms with Crippen LogP contribution in [0.5, 0.6) is 5.75 Å². The van der Waals surface area contributed by atoms with Gasteiger partial charge >= 0.3 is 0 Å². The molecule has 0 aromatic heterocycles. The SMILES string of the molecule is N[C@@H](c1cc(O)ccc1Br)C1CCNCC1. The summed E-state index contributed by atoms with van der Waals surface area (Å²) in [5.74, 6) is 0.780. The van der Waals surface area contributed by atoms with Crippen molar-refractivity contribution in [1.29, 1.82) is 0 Å². The number of benzene rings is 1. The number of aromatic hydroxyl groups is 1. The molecule has 0 radical (unpaired) electrons. The smallest absolute Gasteiger partial charge is 0.115 e. The third kappa shape index (κ3) is 2.56. The van der Waals surface area contributed by atoms with Crippen molar-refractivity contribution >= 4 is 15.9 Å². The summed E-state index contributed by atoms with van der Waals surface area (Å²) in [6.07, 6.45) is 2.20. The molecule has 0 spiro atoms. The van der Waals surface area contributed by atoms with Gasteiger partial charge in [-0.05, 0) is 55.6 Å². The Bertz CT molecular complexity index is 364. The summed E-state index contributed by atoms with van der Waals surface area (Å²) in [6.45, 7) is 2.07. The summed E-state index contributed by atoms with van der Waals surface area (Å²) >= 11 is 3.49. The maximum absolute atomic E-state index is 9.50. The largest absolute Gasteiger partial charge is 0.508 e. The van der Waals surface area contributed by atoms with Gasteiger partial charge in [-0.3, -0.25) is 0 Å². The molecule has 1 aromatic carbocycles. The zero-order valence-electron chi connectivity index (χ0n) is 9.12. The summed E-state index contributed by atoms with van der Waals surface area (Å²) in [4.78, 5) is 0. The highest BCUT2D eigenvalue weighted by atomic mass is 79.9. The van der Waals surface area contributed by atoms with Crippen molar-refractivity contribution in [2.75, 3.05) is 13.1 Å². The minimum Gasteiger partial charge on any atom is -0.508 e. The summed E-state index contributed by atoms with van der Waals surface area (Å²) in [6, 6.07) is 5.29. The van der Waals surface area contributed by atoms with E-state index in [0.29, 0.717) is 5.92 Å². The zero-order valence-corrected chi connectivity index (χ0v) is 10.7. The first-order chi connectivity index (χ1) is 7.68. The van der Waals surface area contributed by atoms with Crippen LogP contribution in [0.4, 0.5) is 0 Å². The molecule has 1 saturated heterocycles. The molecule has 0 bridgehead atoms. The molecule has 0 amide bonds. The molecule has 88 valence electrons. The van der Waals surface area contributed by atoms with Crippen molar-refractivity contribution in [2.45, 2.75) is 18.9 Å². The van der Waals surface area contributed by atoms with E-state index >= 15 is 0 Å². The first-order valence-corrected chi connectivity index (χ1v) is 6.42. The average Bonchev–Trinajstić information content (AvgIpc) is 2.32. The fraction of sp³-hybridized carbons (Fsp3) is 0.500. The quantitative estimate of drug-likeness (QED) is 0.780. The lowest BCUT2D eigenvalue weighted by Crippen LogP contribution is -2.33. The molecule has 1 fully saturated rings. The van der Waals surface area contributed by atoms with Crippen molar-refractivity contribution in [3.8, 4) is 5.75 Å². The summed E-state index contributed by atoms with van der Waals surface area (Å²) in [5.41, 5.74) is 7.28. The normalized spacial score (nSPS) is 19.6. The van der Waals surface area contributed by atoms with E-state index in [1.165, 1.54) is 0 Å². The molecule has 1 atom stereocenters. The lowest BCUT2D eigenvalue weighted by Gasteiger charge is -2.29. The lowest BCUT2D eigenvalue weighted by atomic mass is 9.86. The van der Waals surface area contributed by atoms with Crippen molar-refractivity contribution in [1.82, 2.24) is 5.32 Å². The molecule has 0 aliphatic carbocycles. The van der Waals surface area contributed by atoms with E-state index in [2.05, 4.69) is 21.2 Å². The highest BCUT2D eigenvalue weighted by molar-refractivity contribution is 9.10. The third-order valence-corrected chi connectivity index (χ3v) is 3.95. The van der Waals surface area contributed by atoms with E-state index in [4.69, 9.17) is 5.73 Å². The van der Waals surface area contributed by atoms with Crippen molar-refractivity contribution in [3.05, 3.63) is 28.2 Å². The van der Waals surface area contributed by atoms with Crippen LogP contribution in [0.1, 0.15) is 24.4 Å². The van der Waals surface area contributed by atoms with Gasteiger partial charge in [-0.15, -0.1) is 0 Å². The molecule has 4 N–H and O–H groups in total. The van der Waals surface area contributed by atoms with Crippen molar-refractivity contribution in [3.63, 3.8) is 0 Å². The number of phenols is 1. The number of nitrogens with two attached hydrogens (primary N) is 1. The number of phenolic OH excluding ortho intramolecular Hbond substituents is 1. The minimum atomic E-state index is 0.00331. The van der Waals surface area contributed by atoms with Gasteiger partial charge < -0.3 is 16.2 Å². The van der Waals surface area contributed by atoms with Crippen LogP contribution in [0.3, 0.4) is 0 Å². The van der Waals surface area contributed by atoms with Gasteiger partial charge in [-0.1, -0.05) is 15.9 Å². The molecule has 2 rings (SSSR count). The molecule has 1 aliphatic heterocycles. The Labute approximate surface area is 104 Å². The first-order valence-electron chi connectivity index (χ1n) is 5.63. The standard InChI is InChI=1S/C12H17BrN2O/c13-11-2-1-9(16)7-10(11)12(14)8-3-5-15-6-4-8/h1-2,7-8,12,15-16H,3-6,14H2/t12-/m1/s1. The molecule has 3 nitrogen and oxygen atoms in total. The van der Waals surface area contributed by atoms with Crippen molar-refractivity contribution < 1.29 is 5.11 Å². The number of nitrogens with one attached hydrogen (secondary N) is 1. The second-order valence-electron chi connectivity index (χ2n) is 4.32. The van der Waals surface area contributed by atoms with Gasteiger partial charge in [0.2, 0.25) is 0 Å². The predicted molar refractivity (Wildman–Crippen MR) is 68.3 cm³/mol. The van der Waals surface area contributed by atoms with Crippen LogP contribution in [0.15, 0.2) is 22.7 Å². The summed E-state index contributed by atoms with van der Waals surface area (Å²) < 4.78 is 0.983. The van der Waals surface area contributed by atoms with Gasteiger partial charge in [0.25, 0.3) is 0 Å². The van der Waals surface area contributed by atoms with Crippen LogP contribution >= 0.6 is 15.9 Å². The van der Waals surface area contributed by atoms with Crippen LogP contribution in [-0.2, 0) is 0 Å². The Morgan fingerprint density at radius 2 is 2.06 bits per heavy atom. The Hall–Kier alpha value is -0.580. The second-order valence-corrected chi connectivity index (χ2v) is 5.17. The Morgan fingerprint density at radius 3 is 2.75 bits per heavy atom. The Balaban J connectivity index is 2.18. The number of piperidine rings is 1. The van der Waals surface area contributed by atoms with Crippen LogP contribution in [0.25, 0.3) is 0 Å². The molecule has 1 aliphatic rings. The molecule has 16 heavy (non-hydrogen) atoms. The van der Waals surface area contributed by atoms with Gasteiger partial charge in [0.05, 0.1) is 0 Å². The maximum Gasteiger partial charge on any atom is 0.115 e. The van der Waals surface area contributed by atoms with Gasteiger partial charge in [0.1, 0.15) is 5.75 Å².